The molecule has 1 saturated heterocycles. The van der Waals surface area contributed by atoms with Crippen molar-refractivity contribution in [1.29, 1.82) is 0 Å². The number of nitrogens with one attached hydrogen (secondary N) is 1. The van der Waals surface area contributed by atoms with Gasteiger partial charge in [-0.15, -0.1) is 0 Å². The molecular weight excluding hydrogens is 456 g/mol. The Bertz CT molecular complexity index is 1470. The topological polar surface area (TPSA) is 91.9 Å². The molecule has 1 unspecified atom stereocenters. The molecule has 36 heavy (non-hydrogen) atoms. The minimum atomic E-state index is -0.850. The van der Waals surface area contributed by atoms with Gasteiger partial charge in [-0.05, 0) is 54.4 Å². The maximum Gasteiger partial charge on any atom is 0.300 e. The molecule has 4 aromatic rings. The van der Waals surface area contributed by atoms with Gasteiger partial charge in [0.15, 0.2) is 0 Å². The first-order valence-electron chi connectivity index (χ1n) is 11.8. The molecule has 182 valence electrons. The second-order valence-electron chi connectivity index (χ2n) is 8.54. The molecule has 2 N–H and O–H groups in total. The SMILES string of the molecule is CCCOc1cccc(C2/C(=C(/O)c3c[nH]c4ccccc34)C(=O)C(=O)N2c2ccc(OC)cc2)c1. The summed E-state index contributed by atoms with van der Waals surface area (Å²) >= 11 is 0. The Labute approximate surface area is 208 Å². The van der Waals surface area contributed by atoms with Gasteiger partial charge in [-0.25, -0.2) is 0 Å². The van der Waals surface area contributed by atoms with Gasteiger partial charge in [0.2, 0.25) is 0 Å². The number of aromatic nitrogens is 1. The Morgan fingerprint density at radius 1 is 1.00 bits per heavy atom. The molecule has 0 spiro atoms. The molecule has 1 aliphatic heterocycles. The number of fused-ring (bicyclic) bond motifs is 1. The zero-order chi connectivity index (χ0) is 25.2. The van der Waals surface area contributed by atoms with Gasteiger partial charge in [-0.2, -0.15) is 0 Å². The van der Waals surface area contributed by atoms with Gasteiger partial charge in [0.25, 0.3) is 11.7 Å². The summed E-state index contributed by atoms with van der Waals surface area (Å²) in [5.74, 6) is -0.445. The van der Waals surface area contributed by atoms with E-state index in [1.165, 1.54) is 4.90 Å². The number of H-pyrrole nitrogens is 1. The zero-order valence-electron chi connectivity index (χ0n) is 20.0. The van der Waals surface area contributed by atoms with Crippen LogP contribution in [0.5, 0.6) is 11.5 Å². The lowest BCUT2D eigenvalue weighted by Crippen LogP contribution is -2.29. The number of Topliss-reactive ketones (excluding diaryl/α,β-unsaturated/α-hetero) is 1. The third-order valence-electron chi connectivity index (χ3n) is 6.29. The molecule has 0 aliphatic carbocycles. The average molecular weight is 483 g/mol. The number of para-hydroxylation sites is 1. The van der Waals surface area contributed by atoms with E-state index < -0.39 is 17.7 Å². The van der Waals surface area contributed by atoms with E-state index in [2.05, 4.69) is 4.98 Å². The number of benzene rings is 3. The number of aliphatic hydroxyl groups excluding tert-OH is 1. The van der Waals surface area contributed by atoms with E-state index in [1.54, 1.807) is 37.6 Å². The third-order valence-corrected chi connectivity index (χ3v) is 6.29. The summed E-state index contributed by atoms with van der Waals surface area (Å²) in [6.45, 7) is 2.56. The molecule has 3 aromatic carbocycles. The summed E-state index contributed by atoms with van der Waals surface area (Å²) in [5.41, 5.74) is 2.46. The number of amides is 1. The van der Waals surface area contributed by atoms with Gasteiger partial charge in [-0.3, -0.25) is 14.5 Å². The second-order valence-corrected chi connectivity index (χ2v) is 8.54. The van der Waals surface area contributed by atoms with Crippen LogP contribution in [-0.4, -0.2) is 35.5 Å². The number of ether oxygens (including phenoxy) is 2. The first-order valence-corrected chi connectivity index (χ1v) is 11.8. The normalized spacial score (nSPS) is 17.1. The van der Waals surface area contributed by atoms with E-state index in [0.29, 0.717) is 34.9 Å². The Hall–Kier alpha value is -4.52. The smallest absolute Gasteiger partial charge is 0.300 e. The number of aliphatic hydroxyl groups is 1. The maximum atomic E-state index is 13.5. The average Bonchev–Trinajstić information content (AvgIpc) is 3.46. The van der Waals surface area contributed by atoms with Gasteiger partial charge < -0.3 is 19.6 Å². The fourth-order valence-corrected chi connectivity index (χ4v) is 4.56. The van der Waals surface area contributed by atoms with Crippen molar-refractivity contribution in [1.82, 2.24) is 4.98 Å². The molecule has 1 aliphatic rings. The summed E-state index contributed by atoms with van der Waals surface area (Å²) in [7, 11) is 1.56. The van der Waals surface area contributed by atoms with Crippen LogP contribution in [0, 0.1) is 0 Å². The van der Waals surface area contributed by atoms with Crippen LogP contribution in [0.25, 0.3) is 16.7 Å². The molecule has 1 atom stereocenters. The van der Waals surface area contributed by atoms with Gasteiger partial charge in [0.05, 0.1) is 25.3 Å². The first kappa shape index (κ1) is 23.2. The number of ketones is 1. The van der Waals surface area contributed by atoms with Crippen LogP contribution in [0.2, 0.25) is 0 Å². The van der Waals surface area contributed by atoms with Crippen molar-refractivity contribution in [2.45, 2.75) is 19.4 Å². The summed E-state index contributed by atoms with van der Waals surface area (Å²) < 4.78 is 11.1. The zero-order valence-corrected chi connectivity index (χ0v) is 20.0. The largest absolute Gasteiger partial charge is 0.507 e. The van der Waals surface area contributed by atoms with Gasteiger partial charge >= 0.3 is 0 Å². The molecule has 0 radical (unpaired) electrons. The highest BCUT2D eigenvalue weighted by molar-refractivity contribution is 6.51. The van der Waals surface area contributed by atoms with Crippen molar-refractivity contribution in [2.75, 3.05) is 18.6 Å². The minimum absolute atomic E-state index is 0.0215. The number of aromatic amines is 1. The summed E-state index contributed by atoms with van der Waals surface area (Å²) in [5, 5.41) is 12.2. The quantitative estimate of drug-likeness (QED) is 0.203. The van der Waals surface area contributed by atoms with Crippen molar-refractivity contribution in [2.24, 2.45) is 0 Å². The monoisotopic (exact) mass is 482 g/mol. The molecular formula is C29H26N2O5. The summed E-state index contributed by atoms with van der Waals surface area (Å²) in [4.78, 5) is 31.4. The predicted octanol–water partition coefficient (Wildman–Crippen LogP) is 5.59. The van der Waals surface area contributed by atoms with Gasteiger partial charge in [0.1, 0.15) is 17.3 Å². The third kappa shape index (κ3) is 3.98. The van der Waals surface area contributed by atoms with Crippen LogP contribution >= 0.6 is 0 Å². The predicted molar refractivity (Wildman–Crippen MR) is 138 cm³/mol. The minimum Gasteiger partial charge on any atom is -0.507 e. The summed E-state index contributed by atoms with van der Waals surface area (Å²) in [6, 6.07) is 20.8. The van der Waals surface area contributed by atoms with Crippen LogP contribution in [0.4, 0.5) is 5.69 Å². The van der Waals surface area contributed by atoms with E-state index >= 15 is 0 Å². The number of rotatable bonds is 7. The van der Waals surface area contributed by atoms with E-state index in [0.717, 1.165) is 17.3 Å². The fourth-order valence-electron chi connectivity index (χ4n) is 4.56. The molecule has 1 fully saturated rings. The number of hydrogen-bond acceptors (Lipinski definition) is 5. The molecule has 0 saturated carbocycles. The standard InChI is InChI=1S/C29H26N2O5/c1-3-15-36-21-8-6-7-18(16-21)26-25(27(32)23-17-30-24-10-5-4-9-22(23)24)28(33)29(34)31(26)19-11-13-20(35-2)14-12-19/h4-14,16-17,26,30,32H,3,15H2,1-2H3/b27-25-. The lowest BCUT2D eigenvalue weighted by molar-refractivity contribution is -0.132. The lowest BCUT2D eigenvalue weighted by Gasteiger charge is -2.26. The molecule has 1 amide bonds. The molecule has 2 heterocycles. The highest BCUT2D eigenvalue weighted by atomic mass is 16.5. The van der Waals surface area contributed by atoms with Crippen molar-refractivity contribution in [3.05, 3.63) is 95.7 Å². The van der Waals surface area contributed by atoms with Crippen LogP contribution in [-0.2, 0) is 9.59 Å². The van der Waals surface area contributed by atoms with Crippen LogP contribution < -0.4 is 14.4 Å². The molecule has 7 heteroatoms. The Kier molecular flexibility index (Phi) is 6.21. The maximum absolute atomic E-state index is 13.5. The van der Waals surface area contributed by atoms with Crippen LogP contribution in [0.15, 0.2) is 84.6 Å². The molecule has 7 nitrogen and oxygen atoms in total. The number of anilines is 1. The molecule has 5 rings (SSSR count). The second kappa shape index (κ2) is 9.62. The van der Waals surface area contributed by atoms with E-state index in [-0.39, 0.29) is 11.3 Å². The molecule has 0 bridgehead atoms. The van der Waals surface area contributed by atoms with E-state index in [9.17, 15) is 14.7 Å². The lowest BCUT2D eigenvalue weighted by atomic mass is 9.94. The van der Waals surface area contributed by atoms with Crippen LogP contribution in [0.1, 0.15) is 30.5 Å². The van der Waals surface area contributed by atoms with Gasteiger partial charge in [0, 0.05) is 28.4 Å². The number of methoxy groups -OCH3 is 1. The Morgan fingerprint density at radius 2 is 1.78 bits per heavy atom. The highest BCUT2D eigenvalue weighted by Crippen LogP contribution is 2.43. The van der Waals surface area contributed by atoms with Crippen molar-refractivity contribution >= 4 is 34.0 Å². The van der Waals surface area contributed by atoms with E-state index in [1.807, 2.05) is 55.5 Å². The van der Waals surface area contributed by atoms with Crippen LogP contribution in [0.3, 0.4) is 0 Å². The van der Waals surface area contributed by atoms with Crippen molar-refractivity contribution < 1.29 is 24.2 Å². The summed E-state index contributed by atoms with van der Waals surface area (Å²) in [6.07, 6.45) is 2.49. The number of hydrogen-bond donors (Lipinski definition) is 2. The number of carbonyl (C=O) groups is 2. The number of nitrogens with zero attached hydrogens (tertiary/aromatic N) is 1. The Balaban J connectivity index is 1.71. The van der Waals surface area contributed by atoms with Crippen molar-refractivity contribution in [3.63, 3.8) is 0 Å². The molecule has 1 aromatic heterocycles. The van der Waals surface area contributed by atoms with Gasteiger partial charge in [-0.1, -0.05) is 37.3 Å². The van der Waals surface area contributed by atoms with E-state index in [4.69, 9.17) is 9.47 Å². The Morgan fingerprint density at radius 3 is 2.53 bits per heavy atom. The first-order chi connectivity index (χ1) is 17.5. The van der Waals surface area contributed by atoms with Crippen molar-refractivity contribution in [3.8, 4) is 11.5 Å². The fraction of sp³-hybridized carbons (Fsp3) is 0.172. The number of carbonyl (C=O) groups excluding carboxylic acids is 2. The highest BCUT2D eigenvalue weighted by Gasteiger charge is 2.47.